The van der Waals surface area contributed by atoms with E-state index in [1.165, 1.54) is 41.8 Å². The lowest BCUT2D eigenvalue weighted by Gasteiger charge is -2.08. The number of benzene rings is 2. The van der Waals surface area contributed by atoms with Crippen LogP contribution in [0.1, 0.15) is 15.9 Å². The van der Waals surface area contributed by atoms with Gasteiger partial charge in [0.2, 0.25) is 0 Å². The first-order valence-electron chi connectivity index (χ1n) is 7.89. The first-order valence-corrected chi connectivity index (χ1v) is 10.3. The molecule has 0 fully saturated rings. The van der Waals surface area contributed by atoms with Gasteiger partial charge in [0, 0.05) is 23.7 Å². The van der Waals surface area contributed by atoms with Gasteiger partial charge in [0.1, 0.15) is 0 Å². The molecule has 0 spiro atoms. The van der Waals surface area contributed by atoms with Crippen LogP contribution in [0.25, 0.3) is 0 Å². The van der Waals surface area contributed by atoms with Crippen LogP contribution in [0, 0.1) is 0 Å². The molecule has 6 nitrogen and oxygen atoms in total. The fourth-order valence-electron chi connectivity index (χ4n) is 2.30. The summed E-state index contributed by atoms with van der Waals surface area (Å²) in [6.07, 6.45) is 2.25. The monoisotopic (exact) mass is 387 g/mol. The van der Waals surface area contributed by atoms with Gasteiger partial charge in [-0.1, -0.05) is 30.3 Å². The van der Waals surface area contributed by atoms with Gasteiger partial charge in [0.05, 0.1) is 4.90 Å². The Morgan fingerprint density at radius 1 is 1.04 bits per heavy atom. The zero-order chi connectivity index (χ0) is 18.4. The Kier molecular flexibility index (Phi) is 5.65. The lowest BCUT2D eigenvalue weighted by molar-refractivity contribution is 0.0954. The van der Waals surface area contributed by atoms with Gasteiger partial charge in [0.15, 0.2) is 5.13 Å². The molecule has 2 aromatic carbocycles. The number of carbonyl (C=O) groups excluding carboxylic acids is 1. The van der Waals surface area contributed by atoms with E-state index < -0.39 is 10.0 Å². The highest BCUT2D eigenvalue weighted by atomic mass is 32.2. The highest BCUT2D eigenvalue weighted by Crippen LogP contribution is 2.18. The molecule has 3 rings (SSSR count). The van der Waals surface area contributed by atoms with Crippen LogP contribution in [0.3, 0.4) is 0 Å². The predicted molar refractivity (Wildman–Crippen MR) is 102 cm³/mol. The van der Waals surface area contributed by atoms with Gasteiger partial charge in [-0.25, -0.2) is 13.4 Å². The fourth-order valence-corrected chi connectivity index (χ4v) is 4.09. The summed E-state index contributed by atoms with van der Waals surface area (Å²) < 4.78 is 26.9. The van der Waals surface area contributed by atoms with E-state index >= 15 is 0 Å². The maximum Gasteiger partial charge on any atom is 0.263 e. The number of sulfonamides is 1. The summed E-state index contributed by atoms with van der Waals surface area (Å²) in [5, 5.41) is 4.81. The van der Waals surface area contributed by atoms with Crippen LogP contribution in [0.5, 0.6) is 0 Å². The van der Waals surface area contributed by atoms with E-state index in [2.05, 4.69) is 15.0 Å². The van der Waals surface area contributed by atoms with Crippen molar-refractivity contribution < 1.29 is 13.2 Å². The Bertz CT molecular complexity index is 955. The van der Waals surface area contributed by atoms with Crippen LogP contribution in [0.4, 0.5) is 5.13 Å². The first kappa shape index (κ1) is 18.1. The highest BCUT2D eigenvalue weighted by Gasteiger charge is 2.16. The summed E-state index contributed by atoms with van der Waals surface area (Å²) >= 11 is 1.19. The van der Waals surface area contributed by atoms with E-state index in [4.69, 9.17) is 0 Å². The molecule has 1 aromatic heterocycles. The van der Waals surface area contributed by atoms with Gasteiger partial charge in [0.25, 0.3) is 15.9 Å². The van der Waals surface area contributed by atoms with E-state index in [0.29, 0.717) is 17.2 Å². The number of nitrogens with zero attached hydrogens (tertiary/aromatic N) is 1. The molecule has 1 heterocycles. The van der Waals surface area contributed by atoms with Crippen LogP contribution in [0.15, 0.2) is 71.1 Å². The number of hydrogen-bond acceptors (Lipinski definition) is 5. The van der Waals surface area contributed by atoms with Crippen LogP contribution >= 0.6 is 11.3 Å². The molecule has 26 heavy (non-hydrogen) atoms. The molecule has 0 aliphatic carbocycles. The van der Waals surface area contributed by atoms with Crippen LogP contribution in [-0.2, 0) is 16.4 Å². The van der Waals surface area contributed by atoms with Crippen molar-refractivity contribution in [3.8, 4) is 0 Å². The minimum absolute atomic E-state index is 0.0773. The van der Waals surface area contributed by atoms with Crippen molar-refractivity contribution in [3.05, 3.63) is 77.3 Å². The number of aromatic nitrogens is 1. The van der Waals surface area contributed by atoms with Crippen LogP contribution in [-0.4, -0.2) is 25.9 Å². The third-order valence-corrected chi connectivity index (χ3v) is 5.80. The number of hydrogen-bond donors (Lipinski definition) is 2. The third kappa shape index (κ3) is 4.68. The quantitative estimate of drug-likeness (QED) is 0.652. The molecule has 1 amide bonds. The first-order chi connectivity index (χ1) is 12.5. The molecule has 0 unspecified atom stereocenters. The topological polar surface area (TPSA) is 88.2 Å². The van der Waals surface area contributed by atoms with Gasteiger partial charge in [-0.15, -0.1) is 11.3 Å². The van der Waals surface area contributed by atoms with Gasteiger partial charge in [-0.2, -0.15) is 0 Å². The second-order valence-electron chi connectivity index (χ2n) is 5.46. The molecule has 3 aromatic rings. The molecule has 8 heteroatoms. The Morgan fingerprint density at radius 2 is 1.77 bits per heavy atom. The normalized spacial score (nSPS) is 11.1. The smallest absolute Gasteiger partial charge is 0.263 e. The number of rotatable bonds is 7. The Labute approximate surface area is 156 Å². The standard InChI is InChI=1S/C18H17N3O3S2/c22-17(19-11-10-14-4-2-1-3-5-14)15-6-8-16(9-7-15)26(23,24)21-18-20-12-13-25-18/h1-9,12-13H,10-11H2,(H,19,22)(H,20,21). The number of nitrogens with one attached hydrogen (secondary N) is 2. The second-order valence-corrected chi connectivity index (χ2v) is 8.04. The van der Waals surface area contributed by atoms with E-state index in [0.717, 1.165) is 12.0 Å². The highest BCUT2D eigenvalue weighted by molar-refractivity contribution is 7.93. The molecule has 134 valence electrons. The van der Waals surface area contributed by atoms with Crippen molar-refractivity contribution >= 4 is 32.4 Å². The molecule has 0 saturated carbocycles. The summed E-state index contributed by atoms with van der Waals surface area (Å²) in [5.41, 5.74) is 1.55. The van der Waals surface area contributed by atoms with Crippen LogP contribution in [0.2, 0.25) is 0 Å². The van der Waals surface area contributed by atoms with Gasteiger partial charge in [-0.05, 0) is 36.2 Å². The Morgan fingerprint density at radius 3 is 2.42 bits per heavy atom. The summed E-state index contributed by atoms with van der Waals surface area (Å²) in [4.78, 5) is 16.1. The molecule has 0 saturated heterocycles. The SMILES string of the molecule is O=C(NCCc1ccccc1)c1ccc(S(=O)(=O)Nc2nccs2)cc1. The fraction of sp³-hybridized carbons (Fsp3) is 0.111. The largest absolute Gasteiger partial charge is 0.352 e. The zero-order valence-corrected chi connectivity index (χ0v) is 15.4. The minimum atomic E-state index is -3.71. The number of thiazole rings is 1. The summed E-state index contributed by atoms with van der Waals surface area (Å²) in [7, 11) is -3.71. The van der Waals surface area contributed by atoms with Crippen molar-refractivity contribution in [1.82, 2.24) is 10.3 Å². The minimum Gasteiger partial charge on any atom is -0.352 e. The van der Waals surface area contributed by atoms with Gasteiger partial charge in [-0.3, -0.25) is 9.52 Å². The van der Waals surface area contributed by atoms with Gasteiger partial charge >= 0.3 is 0 Å². The lowest BCUT2D eigenvalue weighted by Crippen LogP contribution is -2.25. The lowest BCUT2D eigenvalue weighted by atomic mass is 10.1. The molecule has 0 atom stereocenters. The van der Waals surface area contributed by atoms with Crippen molar-refractivity contribution in [2.45, 2.75) is 11.3 Å². The number of carbonyl (C=O) groups is 1. The van der Waals surface area contributed by atoms with E-state index in [-0.39, 0.29) is 10.8 Å². The van der Waals surface area contributed by atoms with E-state index in [1.807, 2.05) is 30.3 Å². The second kappa shape index (κ2) is 8.11. The van der Waals surface area contributed by atoms with Crippen LogP contribution < -0.4 is 10.0 Å². The average Bonchev–Trinajstić information content (AvgIpc) is 3.15. The van der Waals surface area contributed by atoms with E-state index in [9.17, 15) is 13.2 Å². The Hall–Kier alpha value is -2.71. The van der Waals surface area contributed by atoms with E-state index in [1.54, 1.807) is 5.38 Å². The number of anilines is 1. The molecule has 0 aliphatic rings. The summed E-state index contributed by atoms with van der Waals surface area (Å²) in [6.45, 7) is 0.508. The molecule has 2 N–H and O–H groups in total. The average molecular weight is 387 g/mol. The van der Waals surface area contributed by atoms with Gasteiger partial charge < -0.3 is 5.32 Å². The van der Waals surface area contributed by atoms with Crippen molar-refractivity contribution in [2.24, 2.45) is 0 Å². The molecular weight excluding hydrogens is 370 g/mol. The summed E-state index contributed by atoms with van der Waals surface area (Å²) in [6, 6.07) is 15.7. The maximum absolute atomic E-state index is 12.3. The zero-order valence-electron chi connectivity index (χ0n) is 13.8. The predicted octanol–water partition coefficient (Wildman–Crippen LogP) is 2.92. The summed E-state index contributed by atoms with van der Waals surface area (Å²) in [5.74, 6) is -0.238. The third-order valence-electron chi connectivity index (χ3n) is 3.62. The van der Waals surface area contributed by atoms with Crippen molar-refractivity contribution in [2.75, 3.05) is 11.3 Å². The molecule has 0 radical (unpaired) electrons. The van der Waals surface area contributed by atoms with Crippen molar-refractivity contribution in [3.63, 3.8) is 0 Å². The molecular formula is C18H17N3O3S2. The maximum atomic E-state index is 12.3. The molecule has 0 aliphatic heterocycles. The molecule has 0 bridgehead atoms. The number of amides is 1. The Balaban J connectivity index is 1.59. The van der Waals surface area contributed by atoms with Crippen molar-refractivity contribution in [1.29, 1.82) is 0 Å².